The normalized spacial score (nSPS) is 15.4. The summed E-state index contributed by atoms with van der Waals surface area (Å²) in [6.45, 7) is 1.65. The fourth-order valence-electron chi connectivity index (χ4n) is 4.22. The number of aromatic amines is 2. The number of nitrogens with zero attached hydrogens (tertiary/aromatic N) is 5. The third kappa shape index (κ3) is 3.70. The number of nitrogens with one attached hydrogen (secondary N) is 3. The Balaban J connectivity index is 1.51. The number of fused-ring (bicyclic) bond motifs is 1. The van der Waals surface area contributed by atoms with Gasteiger partial charge in [-0.05, 0) is 49.7 Å². The molecule has 9 nitrogen and oxygen atoms in total. The summed E-state index contributed by atoms with van der Waals surface area (Å²) >= 11 is 0. The Bertz CT molecular complexity index is 1160. The zero-order chi connectivity index (χ0) is 21.4. The molecule has 4 aromatic rings. The maximum absolute atomic E-state index is 10.4. The molecule has 31 heavy (non-hydrogen) atoms. The maximum atomic E-state index is 10.4. The lowest BCUT2D eigenvalue weighted by atomic mass is 9.70. The summed E-state index contributed by atoms with van der Waals surface area (Å²) in [7, 11) is 11.7. The van der Waals surface area contributed by atoms with Crippen LogP contribution >= 0.6 is 0 Å². The van der Waals surface area contributed by atoms with Gasteiger partial charge in [0.1, 0.15) is 15.7 Å². The third-order valence-electron chi connectivity index (χ3n) is 5.66. The van der Waals surface area contributed by atoms with Gasteiger partial charge in [0.2, 0.25) is 0 Å². The molecule has 0 saturated carbocycles. The number of H-pyrrole nitrogens is 2. The van der Waals surface area contributed by atoms with Gasteiger partial charge >= 0.3 is 0 Å². The van der Waals surface area contributed by atoms with E-state index in [2.05, 4.69) is 35.9 Å². The molecule has 1 fully saturated rings. The monoisotopic (exact) mass is 410 g/mol. The molecule has 3 aromatic heterocycles. The van der Waals surface area contributed by atoms with Crippen LogP contribution in [0, 0.1) is 0 Å². The molecule has 0 atom stereocenters. The van der Waals surface area contributed by atoms with E-state index in [1.807, 2.05) is 24.4 Å². The number of benzene rings is 1. The van der Waals surface area contributed by atoms with Gasteiger partial charge in [-0.15, -0.1) is 10.2 Å². The highest BCUT2D eigenvalue weighted by Crippen LogP contribution is 2.34. The molecule has 0 spiro atoms. The number of aliphatic hydroxyl groups is 1. The van der Waals surface area contributed by atoms with Crippen molar-refractivity contribution in [3.63, 3.8) is 0 Å². The molecule has 1 aliphatic rings. The first-order valence-corrected chi connectivity index (χ1v) is 10.1. The summed E-state index contributed by atoms with van der Waals surface area (Å²) in [5, 5.41) is 37.5. The van der Waals surface area contributed by atoms with Crippen molar-refractivity contribution in [2.75, 3.05) is 18.0 Å². The Hall–Kier alpha value is -3.17. The molecule has 152 valence electrons. The Kier molecular flexibility index (Phi) is 4.99. The van der Waals surface area contributed by atoms with Gasteiger partial charge in [-0.1, -0.05) is 6.07 Å². The second-order valence-electron chi connectivity index (χ2n) is 7.72. The third-order valence-corrected chi connectivity index (χ3v) is 5.66. The predicted octanol–water partition coefficient (Wildman–Crippen LogP) is 0.909. The Morgan fingerprint density at radius 2 is 1.81 bits per heavy atom. The number of anilines is 1. The van der Waals surface area contributed by atoms with Crippen LogP contribution in [0.15, 0.2) is 42.9 Å². The lowest BCUT2D eigenvalue weighted by Crippen LogP contribution is -2.58. The number of hydrogen-bond acceptors (Lipinski definition) is 7. The van der Waals surface area contributed by atoms with Crippen molar-refractivity contribution in [1.29, 1.82) is 0 Å². The van der Waals surface area contributed by atoms with Crippen LogP contribution in [-0.4, -0.2) is 76.0 Å². The number of piperidine rings is 1. The van der Waals surface area contributed by atoms with Crippen molar-refractivity contribution >= 4 is 32.4 Å². The van der Waals surface area contributed by atoms with Gasteiger partial charge in [0.05, 0.1) is 29.1 Å². The van der Waals surface area contributed by atoms with Crippen molar-refractivity contribution in [2.45, 2.75) is 24.4 Å². The van der Waals surface area contributed by atoms with E-state index in [9.17, 15) is 5.11 Å². The largest absolute Gasteiger partial charge is 0.390 e. The fraction of sp³-hybridized carbons (Fsp3) is 0.300. The fourth-order valence-corrected chi connectivity index (χ4v) is 4.22. The number of hydrogen-bond donors (Lipinski definition) is 4. The molecule has 4 heterocycles. The van der Waals surface area contributed by atoms with E-state index < -0.39 is 5.52 Å². The van der Waals surface area contributed by atoms with Crippen molar-refractivity contribution < 1.29 is 5.11 Å². The van der Waals surface area contributed by atoms with Crippen molar-refractivity contribution in [3.8, 4) is 22.4 Å². The first-order valence-electron chi connectivity index (χ1n) is 10.1. The summed E-state index contributed by atoms with van der Waals surface area (Å²) in [4.78, 5) is 1.54. The molecule has 4 N–H and O–H groups in total. The highest BCUT2D eigenvalue weighted by atomic mass is 16.3. The van der Waals surface area contributed by atoms with Gasteiger partial charge in [-0.2, -0.15) is 10.2 Å². The van der Waals surface area contributed by atoms with Crippen LogP contribution in [0.5, 0.6) is 0 Å². The second-order valence-corrected chi connectivity index (χ2v) is 7.72. The molecule has 1 aliphatic heterocycles. The summed E-state index contributed by atoms with van der Waals surface area (Å²) < 4.78 is 0. The van der Waals surface area contributed by atoms with Crippen LogP contribution in [-0.2, 0) is 0 Å². The zero-order valence-electron chi connectivity index (χ0n) is 16.8. The first kappa shape index (κ1) is 19.8. The lowest BCUT2D eigenvalue weighted by molar-refractivity contribution is 0.184. The predicted molar refractivity (Wildman–Crippen MR) is 120 cm³/mol. The zero-order valence-corrected chi connectivity index (χ0v) is 16.8. The van der Waals surface area contributed by atoms with Crippen LogP contribution < -0.4 is 10.2 Å². The van der Waals surface area contributed by atoms with Crippen LogP contribution in [0.1, 0.15) is 12.8 Å². The molecule has 0 bridgehead atoms. The van der Waals surface area contributed by atoms with Crippen LogP contribution in [0.3, 0.4) is 0 Å². The highest BCUT2D eigenvalue weighted by molar-refractivity contribution is 6.40. The molecule has 0 aliphatic carbocycles. The summed E-state index contributed by atoms with van der Waals surface area (Å²) in [6.07, 6.45) is 6.98. The van der Waals surface area contributed by atoms with E-state index in [0.29, 0.717) is 11.5 Å². The molecule has 0 unspecified atom stereocenters. The smallest absolute Gasteiger partial charge is 0.152 e. The Morgan fingerprint density at radius 3 is 2.48 bits per heavy atom. The van der Waals surface area contributed by atoms with Gasteiger partial charge in [-0.3, -0.25) is 10.2 Å². The van der Waals surface area contributed by atoms with Gasteiger partial charge in [0, 0.05) is 28.8 Å². The second kappa shape index (κ2) is 7.82. The number of rotatable bonds is 5. The van der Waals surface area contributed by atoms with Crippen molar-refractivity contribution in [3.05, 3.63) is 42.9 Å². The molecular formula is C20H20B2N8O. The van der Waals surface area contributed by atoms with E-state index in [1.165, 1.54) is 0 Å². The SMILES string of the molecule is [B]C([B])(O)N(c1ccc(-c2ccc(-c3cn[nH]c3)c3cn[nH]c23)nn1)C1CCNCC1. The molecular weight excluding hydrogens is 390 g/mol. The van der Waals surface area contributed by atoms with E-state index in [1.54, 1.807) is 23.4 Å². The van der Waals surface area contributed by atoms with Crippen LogP contribution in [0.4, 0.5) is 5.82 Å². The molecule has 5 rings (SSSR count). The minimum atomic E-state index is -2.03. The van der Waals surface area contributed by atoms with Crippen LogP contribution in [0.25, 0.3) is 33.3 Å². The van der Waals surface area contributed by atoms with E-state index in [-0.39, 0.29) is 6.04 Å². The summed E-state index contributed by atoms with van der Waals surface area (Å²) in [5.41, 5.74) is 2.34. The van der Waals surface area contributed by atoms with Gasteiger partial charge in [0.25, 0.3) is 0 Å². The van der Waals surface area contributed by atoms with Gasteiger partial charge < -0.3 is 15.3 Å². The van der Waals surface area contributed by atoms with Crippen molar-refractivity contribution in [1.82, 2.24) is 35.9 Å². The quantitative estimate of drug-likeness (QED) is 0.285. The van der Waals surface area contributed by atoms with Crippen molar-refractivity contribution in [2.24, 2.45) is 0 Å². The van der Waals surface area contributed by atoms with Gasteiger partial charge in [0.15, 0.2) is 5.82 Å². The topological polar surface area (TPSA) is 119 Å². The molecule has 0 amide bonds. The van der Waals surface area contributed by atoms with Crippen LogP contribution in [0.2, 0.25) is 0 Å². The average Bonchev–Trinajstić information content (AvgIpc) is 3.46. The average molecular weight is 410 g/mol. The minimum Gasteiger partial charge on any atom is -0.390 e. The minimum absolute atomic E-state index is 0.0324. The lowest BCUT2D eigenvalue weighted by Gasteiger charge is -2.44. The van der Waals surface area contributed by atoms with Gasteiger partial charge in [-0.25, -0.2) is 0 Å². The Morgan fingerprint density at radius 1 is 1.00 bits per heavy atom. The maximum Gasteiger partial charge on any atom is 0.152 e. The first-order chi connectivity index (χ1) is 15.0. The Labute approximate surface area is 181 Å². The number of aromatic nitrogens is 6. The molecule has 1 aromatic carbocycles. The molecule has 1 saturated heterocycles. The summed E-state index contributed by atoms with van der Waals surface area (Å²) in [5.74, 6) is 0.430. The highest BCUT2D eigenvalue weighted by Gasteiger charge is 2.32. The van der Waals surface area contributed by atoms with E-state index in [4.69, 9.17) is 15.7 Å². The molecule has 11 heteroatoms. The van der Waals surface area contributed by atoms with E-state index >= 15 is 0 Å². The van der Waals surface area contributed by atoms with E-state index in [0.717, 1.165) is 53.5 Å². The summed E-state index contributed by atoms with van der Waals surface area (Å²) in [6, 6.07) is 7.57. The standard InChI is InChI=1S/C20H20B2N8O/c21-20(22,31)30(13-5-7-23-8-6-13)18-4-3-17(27-28-18)15-2-1-14(12-9-24-25-10-12)16-11-26-29-19(15)16/h1-4,9-11,13,23,31H,5-8H2,(H,24,25)(H,26,29). The molecule has 4 radical (unpaired) electrons.